The van der Waals surface area contributed by atoms with E-state index in [0.29, 0.717) is 29.5 Å². The van der Waals surface area contributed by atoms with E-state index in [0.717, 1.165) is 11.1 Å². The van der Waals surface area contributed by atoms with Crippen LogP contribution in [0.3, 0.4) is 0 Å². The number of hydrogen-bond donors (Lipinski definition) is 1. The molecule has 6 heteroatoms. The quantitative estimate of drug-likeness (QED) is 0.655. The summed E-state index contributed by atoms with van der Waals surface area (Å²) < 4.78 is 11.6. The van der Waals surface area contributed by atoms with Crippen LogP contribution in [0.25, 0.3) is 11.0 Å². The normalized spacial score (nSPS) is 15.6. The summed E-state index contributed by atoms with van der Waals surface area (Å²) in [7, 11) is 0. The maximum absolute atomic E-state index is 13.1. The fraction of sp³-hybridized carbons (Fsp3) is 0.333. The van der Waals surface area contributed by atoms with Crippen LogP contribution >= 0.6 is 0 Å². The van der Waals surface area contributed by atoms with Gasteiger partial charge in [0.25, 0.3) is 5.91 Å². The molecule has 30 heavy (non-hydrogen) atoms. The van der Waals surface area contributed by atoms with E-state index in [9.17, 15) is 9.59 Å². The molecular formula is C24H26N2O4. The van der Waals surface area contributed by atoms with Gasteiger partial charge in [-0.25, -0.2) is 0 Å². The molecule has 2 aromatic carbocycles. The van der Waals surface area contributed by atoms with E-state index in [1.165, 1.54) is 0 Å². The monoisotopic (exact) mass is 406 g/mol. The van der Waals surface area contributed by atoms with Gasteiger partial charge in [-0.2, -0.15) is 0 Å². The molecule has 2 heterocycles. The summed E-state index contributed by atoms with van der Waals surface area (Å²) in [4.78, 5) is 27.5. The number of amides is 2. The third kappa shape index (κ3) is 3.77. The third-order valence-corrected chi connectivity index (χ3v) is 5.12. The lowest BCUT2D eigenvalue weighted by molar-refractivity contribution is -0.127. The lowest BCUT2D eigenvalue weighted by atomic mass is 9.92. The largest absolute Gasteiger partial charge is 0.490 e. The Morgan fingerprint density at radius 1 is 1.17 bits per heavy atom. The number of furan rings is 1. The van der Waals surface area contributed by atoms with Crippen molar-refractivity contribution >= 4 is 34.2 Å². The van der Waals surface area contributed by atoms with Crippen LogP contribution in [0.1, 0.15) is 38.2 Å². The van der Waals surface area contributed by atoms with Crippen LogP contribution in [0.5, 0.6) is 5.75 Å². The van der Waals surface area contributed by atoms with Gasteiger partial charge in [0.15, 0.2) is 5.76 Å². The molecule has 0 atom stereocenters. The average Bonchev–Trinajstić information content (AvgIpc) is 3.11. The van der Waals surface area contributed by atoms with Crippen molar-refractivity contribution < 1.29 is 18.7 Å². The highest BCUT2D eigenvalue weighted by Gasteiger charge is 2.38. The molecule has 0 saturated carbocycles. The number of para-hydroxylation sites is 1. The molecule has 0 radical (unpaired) electrons. The van der Waals surface area contributed by atoms with E-state index in [-0.39, 0.29) is 24.2 Å². The van der Waals surface area contributed by atoms with Gasteiger partial charge in [0.2, 0.25) is 5.91 Å². The Morgan fingerprint density at radius 2 is 1.93 bits per heavy atom. The zero-order chi connectivity index (χ0) is 21.5. The molecule has 1 N–H and O–H groups in total. The van der Waals surface area contributed by atoms with Crippen LogP contribution in [0.2, 0.25) is 0 Å². The topological polar surface area (TPSA) is 71.8 Å². The van der Waals surface area contributed by atoms with Gasteiger partial charge in [0.1, 0.15) is 17.9 Å². The number of fused-ring (bicyclic) bond motifs is 2. The lowest BCUT2D eigenvalue weighted by Gasteiger charge is -2.29. The van der Waals surface area contributed by atoms with Gasteiger partial charge in [0, 0.05) is 23.7 Å². The molecule has 0 aliphatic carbocycles. The molecule has 1 aliphatic rings. The fourth-order valence-electron chi connectivity index (χ4n) is 3.56. The maximum Gasteiger partial charge on any atom is 0.291 e. The number of anilines is 2. The standard InChI is InChI=1S/C24H26N2O4/c1-15(2)13-26-18-10-9-17(12-20(18)29-14-24(3,4)23(26)28)25-22(27)21-11-16-7-5-6-8-19(16)30-21/h5-12,15H,13-14H2,1-4H3,(H,25,27). The highest BCUT2D eigenvalue weighted by atomic mass is 16.5. The van der Waals surface area contributed by atoms with Crippen molar-refractivity contribution in [3.63, 3.8) is 0 Å². The van der Waals surface area contributed by atoms with Gasteiger partial charge >= 0.3 is 0 Å². The summed E-state index contributed by atoms with van der Waals surface area (Å²) in [6, 6.07) is 14.6. The number of ether oxygens (including phenoxy) is 1. The van der Waals surface area contributed by atoms with E-state index in [2.05, 4.69) is 19.2 Å². The smallest absolute Gasteiger partial charge is 0.291 e. The van der Waals surface area contributed by atoms with Crippen LogP contribution in [0.15, 0.2) is 52.9 Å². The Balaban J connectivity index is 1.62. The number of carbonyl (C=O) groups excluding carboxylic acids is 2. The first-order valence-electron chi connectivity index (χ1n) is 10.1. The summed E-state index contributed by atoms with van der Waals surface area (Å²) in [6.45, 7) is 8.80. The number of carbonyl (C=O) groups is 2. The van der Waals surface area contributed by atoms with Gasteiger partial charge in [-0.3, -0.25) is 9.59 Å². The van der Waals surface area contributed by atoms with E-state index < -0.39 is 5.41 Å². The number of rotatable bonds is 4. The molecule has 4 rings (SSSR count). The van der Waals surface area contributed by atoms with Crippen molar-refractivity contribution in [3.8, 4) is 5.75 Å². The molecule has 0 saturated heterocycles. The highest BCUT2D eigenvalue weighted by Crippen LogP contribution is 2.38. The number of nitrogens with one attached hydrogen (secondary N) is 1. The van der Waals surface area contributed by atoms with E-state index in [4.69, 9.17) is 9.15 Å². The van der Waals surface area contributed by atoms with Gasteiger partial charge in [-0.15, -0.1) is 0 Å². The fourth-order valence-corrected chi connectivity index (χ4v) is 3.56. The molecule has 3 aromatic rings. The summed E-state index contributed by atoms with van der Waals surface area (Å²) in [5, 5.41) is 3.73. The van der Waals surface area contributed by atoms with Gasteiger partial charge in [-0.05, 0) is 44.0 Å². The Bertz CT molecular complexity index is 1080. The molecular weight excluding hydrogens is 380 g/mol. The van der Waals surface area contributed by atoms with Gasteiger partial charge < -0.3 is 19.4 Å². The zero-order valence-corrected chi connectivity index (χ0v) is 17.7. The lowest BCUT2D eigenvalue weighted by Crippen LogP contribution is -2.43. The Morgan fingerprint density at radius 3 is 2.67 bits per heavy atom. The van der Waals surface area contributed by atoms with Crippen molar-refractivity contribution in [1.82, 2.24) is 0 Å². The first kappa shape index (κ1) is 20.0. The molecule has 0 unspecified atom stereocenters. The van der Waals surface area contributed by atoms with Crippen LogP contribution < -0.4 is 15.0 Å². The van der Waals surface area contributed by atoms with E-state index in [1.807, 2.05) is 44.2 Å². The summed E-state index contributed by atoms with van der Waals surface area (Å²) in [5.41, 5.74) is 1.33. The minimum Gasteiger partial charge on any atom is -0.490 e. The summed E-state index contributed by atoms with van der Waals surface area (Å²) >= 11 is 0. The number of hydrogen-bond acceptors (Lipinski definition) is 4. The molecule has 0 bridgehead atoms. The maximum atomic E-state index is 13.1. The predicted octanol–water partition coefficient (Wildman–Crippen LogP) is 5.09. The number of benzene rings is 2. The molecule has 6 nitrogen and oxygen atoms in total. The van der Waals surface area contributed by atoms with Crippen molar-refractivity contribution in [2.45, 2.75) is 27.7 Å². The van der Waals surface area contributed by atoms with Crippen LogP contribution in [0.4, 0.5) is 11.4 Å². The van der Waals surface area contributed by atoms with Crippen LogP contribution in [-0.2, 0) is 4.79 Å². The van der Waals surface area contributed by atoms with E-state index >= 15 is 0 Å². The Labute approximate surface area is 175 Å². The molecule has 1 aliphatic heterocycles. The second-order valence-electron chi connectivity index (χ2n) is 8.77. The van der Waals surface area contributed by atoms with Crippen LogP contribution in [-0.4, -0.2) is 25.0 Å². The molecule has 1 aromatic heterocycles. The highest BCUT2D eigenvalue weighted by molar-refractivity contribution is 6.05. The van der Waals surface area contributed by atoms with Gasteiger partial charge in [0.05, 0.1) is 11.1 Å². The molecule has 0 spiro atoms. The average molecular weight is 406 g/mol. The second-order valence-corrected chi connectivity index (χ2v) is 8.77. The van der Waals surface area contributed by atoms with Crippen molar-refractivity contribution in [2.24, 2.45) is 11.3 Å². The van der Waals surface area contributed by atoms with Gasteiger partial charge in [-0.1, -0.05) is 32.0 Å². The SMILES string of the molecule is CC(C)CN1C(=O)C(C)(C)COc2cc(NC(=O)c3cc4ccccc4o3)ccc21. The first-order chi connectivity index (χ1) is 14.2. The summed E-state index contributed by atoms with van der Waals surface area (Å²) in [6.07, 6.45) is 0. The third-order valence-electron chi connectivity index (χ3n) is 5.12. The second kappa shape index (κ2) is 7.52. The minimum atomic E-state index is -0.633. The summed E-state index contributed by atoms with van der Waals surface area (Å²) in [5.74, 6) is 0.828. The van der Waals surface area contributed by atoms with Crippen LogP contribution in [0, 0.1) is 11.3 Å². The minimum absolute atomic E-state index is 0.0361. The Hall–Kier alpha value is -3.28. The van der Waals surface area contributed by atoms with Crippen molar-refractivity contribution in [1.29, 1.82) is 0 Å². The number of nitrogens with zero attached hydrogens (tertiary/aromatic N) is 1. The van der Waals surface area contributed by atoms with Crippen molar-refractivity contribution in [2.75, 3.05) is 23.4 Å². The molecule has 156 valence electrons. The molecule has 2 amide bonds. The van der Waals surface area contributed by atoms with Crippen molar-refractivity contribution in [3.05, 3.63) is 54.3 Å². The Kier molecular flexibility index (Phi) is 5.02. The van der Waals surface area contributed by atoms with E-state index in [1.54, 1.807) is 23.1 Å². The first-order valence-corrected chi connectivity index (χ1v) is 10.1. The zero-order valence-electron chi connectivity index (χ0n) is 17.7. The predicted molar refractivity (Wildman–Crippen MR) is 117 cm³/mol. The molecule has 0 fully saturated rings.